The van der Waals surface area contributed by atoms with Gasteiger partial charge in [0.05, 0.1) is 11.2 Å². The normalized spacial score (nSPS) is 26.2. The van der Waals surface area contributed by atoms with Gasteiger partial charge in [-0.1, -0.05) is 6.07 Å². The van der Waals surface area contributed by atoms with E-state index in [2.05, 4.69) is 36.9 Å². The largest absolute Gasteiger partial charge is 0.312 e. The van der Waals surface area contributed by atoms with Gasteiger partial charge in [0.25, 0.3) is 5.56 Å². The summed E-state index contributed by atoms with van der Waals surface area (Å²) in [5.74, 6) is 1.06. The van der Waals surface area contributed by atoms with Gasteiger partial charge in [-0.05, 0) is 44.3 Å². The van der Waals surface area contributed by atoms with Crippen LogP contribution in [-0.2, 0) is 19.6 Å². The summed E-state index contributed by atoms with van der Waals surface area (Å²) in [7, 11) is 0. The molecule has 138 valence electrons. The van der Waals surface area contributed by atoms with Crippen molar-refractivity contribution in [3.05, 3.63) is 50.3 Å². The number of pyridine rings is 1. The SMILES string of the molecule is O=c1c(CN2CCCC2)ccc2n1C[C@H]1C[C@@H]2CN(Cc2cscn2)C1. The molecular weight excluding hydrogens is 344 g/mol. The van der Waals surface area contributed by atoms with Crippen molar-refractivity contribution in [3.63, 3.8) is 0 Å². The van der Waals surface area contributed by atoms with Crippen molar-refractivity contribution < 1.29 is 0 Å². The Hall–Kier alpha value is -1.50. The van der Waals surface area contributed by atoms with E-state index in [1.165, 1.54) is 30.7 Å². The number of likely N-dealkylation sites (tertiary alicyclic amines) is 2. The molecule has 6 heteroatoms. The predicted molar refractivity (Wildman–Crippen MR) is 103 cm³/mol. The maximum atomic E-state index is 13.1. The number of rotatable bonds is 4. The molecule has 2 saturated heterocycles. The summed E-state index contributed by atoms with van der Waals surface area (Å²) in [6.45, 7) is 7.04. The molecule has 26 heavy (non-hydrogen) atoms. The van der Waals surface area contributed by atoms with Gasteiger partial charge in [-0.2, -0.15) is 0 Å². The Morgan fingerprint density at radius 2 is 1.96 bits per heavy atom. The minimum Gasteiger partial charge on any atom is -0.312 e. The second-order valence-corrected chi connectivity index (χ2v) is 8.87. The van der Waals surface area contributed by atoms with Gasteiger partial charge in [-0.3, -0.25) is 14.6 Å². The monoisotopic (exact) mass is 370 g/mol. The first-order chi connectivity index (χ1) is 12.8. The van der Waals surface area contributed by atoms with E-state index < -0.39 is 0 Å². The van der Waals surface area contributed by atoms with Crippen LogP contribution in [0.15, 0.2) is 27.8 Å². The molecule has 2 fully saturated rings. The lowest BCUT2D eigenvalue weighted by Gasteiger charge is -2.42. The molecule has 5 rings (SSSR count). The van der Waals surface area contributed by atoms with E-state index in [0.717, 1.165) is 51.4 Å². The molecule has 3 aliphatic heterocycles. The molecule has 0 amide bonds. The van der Waals surface area contributed by atoms with E-state index in [1.807, 2.05) is 5.51 Å². The number of hydrogen-bond donors (Lipinski definition) is 0. The molecule has 0 aliphatic carbocycles. The molecule has 0 spiro atoms. The molecule has 0 N–H and O–H groups in total. The van der Waals surface area contributed by atoms with Crippen molar-refractivity contribution in [1.82, 2.24) is 19.4 Å². The highest BCUT2D eigenvalue weighted by Gasteiger charge is 2.35. The first-order valence-electron chi connectivity index (χ1n) is 9.80. The van der Waals surface area contributed by atoms with Crippen LogP contribution < -0.4 is 5.56 Å². The van der Waals surface area contributed by atoms with Crippen LogP contribution in [0.25, 0.3) is 0 Å². The van der Waals surface area contributed by atoms with Crippen LogP contribution >= 0.6 is 11.3 Å². The Morgan fingerprint density at radius 1 is 1.08 bits per heavy atom. The molecule has 2 bridgehead atoms. The maximum Gasteiger partial charge on any atom is 0.255 e. The molecule has 0 unspecified atom stereocenters. The highest BCUT2D eigenvalue weighted by molar-refractivity contribution is 7.07. The Balaban J connectivity index is 1.37. The summed E-state index contributed by atoms with van der Waals surface area (Å²) >= 11 is 1.67. The third kappa shape index (κ3) is 3.15. The van der Waals surface area contributed by atoms with E-state index in [-0.39, 0.29) is 5.56 Å². The Labute approximate surface area is 158 Å². The summed E-state index contributed by atoms with van der Waals surface area (Å²) in [6.07, 6.45) is 3.76. The fraction of sp³-hybridized carbons (Fsp3) is 0.600. The van der Waals surface area contributed by atoms with Gasteiger partial charge in [0, 0.05) is 55.3 Å². The highest BCUT2D eigenvalue weighted by Crippen LogP contribution is 2.35. The van der Waals surface area contributed by atoms with Crippen LogP contribution in [0, 0.1) is 5.92 Å². The maximum absolute atomic E-state index is 13.1. The van der Waals surface area contributed by atoms with Crippen LogP contribution in [0.3, 0.4) is 0 Å². The van der Waals surface area contributed by atoms with Gasteiger partial charge in [-0.15, -0.1) is 11.3 Å². The molecule has 5 nitrogen and oxygen atoms in total. The molecule has 3 aliphatic rings. The quantitative estimate of drug-likeness (QED) is 0.829. The molecule has 2 aromatic heterocycles. The van der Waals surface area contributed by atoms with Crippen LogP contribution in [0.4, 0.5) is 0 Å². The van der Waals surface area contributed by atoms with Gasteiger partial charge in [0.2, 0.25) is 0 Å². The van der Waals surface area contributed by atoms with Crippen LogP contribution in [-0.4, -0.2) is 45.5 Å². The summed E-state index contributed by atoms with van der Waals surface area (Å²) in [4.78, 5) is 22.5. The number of fused-ring (bicyclic) bond motifs is 4. The second kappa shape index (κ2) is 6.91. The predicted octanol–water partition coefficient (Wildman–Crippen LogP) is 2.52. The first-order valence-corrected chi connectivity index (χ1v) is 10.7. The first kappa shape index (κ1) is 16.7. The average molecular weight is 371 g/mol. The van der Waals surface area contributed by atoms with Crippen LogP contribution in [0.5, 0.6) is 0 Å². The summed E-state index contributed by atoms with van der Waals surface area (Å²) in [6, 6.07) is 4.34. The zero-order valence-corrected chi connectivity index (χ0v) is 16.0. The summed E-state index contributed by atoms with van der Waals surface area (Å²) in [5.41, 5.74) is 5.58. The van der Waals surface area contributed by atoms with E-state index in [9.17, 15) is 4.79 Å². The zero-order chi connectivity index (χ0) is 17.5. The third-order valence-electron chi connectivity index (χ3n) is 6.22. The molecule has 5 heterocycles. The lowest BCUT2D eigenvalue weighted by atomic mass is 9.83. The number of piperidine rings is 1. The zero-order valence-electron chi connectivity index (χ0n) is 15.1. The molecule has 2 aromatic rings. The lowest BCUT2D eigenvalue weighted by Crippen LogP contribution is -2.47. The topological polar surface area (TPSA) is 41.4 Å². The third-order valence-corrected chi connectivity index (χ3v) is 6.86. The van der Waals surface area contributed by atoms with E-state index >= 15 is 0 Å². The fourth-order valence-electron chi connectivity index (χ4n) is 5.07. The molecule has 0 saturated carbocycles. The smallest absolute Gasteiger partial charge is 0.255 e. The Bertz CT molecular complexity index is 825. The standard InChI is InChI=1S/C20H26N4OS/c25-20-16(10-22-5-1-2-6-22)3-4-19-17-7-15(9-24(19)20)8-23(11-17)12-18-13-26-14-21-18/h3-4,13-15,17H,1-2,5-12H2/t15-,17+/m0/s1. The van der Waals surface area contributed by atoms with Crippen molar-refractivity contribution in [2.45, 2.75) is 44.8 Å². The second-order valence-electron chi connectivity index (χ2n) is 8.15. The van der Waals surface area contributed by atoms with Gasteiger partial charge in [0.1, 0.15) is 0 Å². The van der Waals surface area contributed by atoms with Gasteiger partial charge < -0.3 is 4.57 Å². The lowest BCUT2D eigenvalue weighted by molar-refractivity contribution is 0.113. The van der Waals surface area contributed by atoms with Crippen molar-refractivity contribution in [1.29, 1.82) is 0 Å². The van der Waals surface area contributed by atoms with Crippen molar-refractivity contribution in [2.24, 2.45) is 5.92 Å². The number of hydrogen-bond acceptors (Lipinski definition) is 5. The molecule has 0 aromatic carbocycles. The molecule has 0 radical (unpaired) electrons. The van der Waals surface area contributed by atoms with Crippen molar-refractivity contribution in [2.75, 3.05) is 26.2 Å². The number of nitrogens with zero attached hydrogens (tertiary/aromatic N) is 4. The minimum absolute atomic E-state index is 0.261. The highest BCUT2D eigenvalue weighted by atomic mass is 32.1. The Kier molecular flexibility index (Phi) is 4.43. The van der Waals surface area contributed by atoms with Crippen LogP contribution in [0.2, 0.25) is 0 Å². The minimum atomic E-state index is 0.261. The summed E-state index contributed by atoms with van der Waals surface area (Å²) < 4.78 is 2.10. The Morgan fingerprint density at radius 3 is 2.77 bits per heavy atom. The average Bonchev–Trinajstić information content (AvgIpc) is 3.32. The van der Waals surface area contributed by atoms with Gasteiger partial charge >= 0.3 is 0 Å². The van der Waals surface area contributed by atoms with Gasteiger partial charge in [0.15, 0.2) is 0 Å². The fourth-order valence-corrected chi connectivity index (χ4v) is 5.62. The molecule has 2 atom stereocenters. The number of aromatic nitrogens is 2. The van der Waals surface area contributed by atoms with E-state index in [0.29, 0.717) is 11.8 Å². The van der Waals surface area contributed by atoms with Crippen molar-refractivity contribution in [3.8, 4) is 0 Å². The van der Waals surface area contributed by atoms with Gasteiger partial charge in [-0.25, -0.2) is 4.98 Å². The number of thiazole rings is 1. The van der Waals surface area contributed by atoms with Crippen LogP contribution in [0.1, 0.15) is 42.1 Å². The van der Waals surface area contributed by atoms with E-state index in [1.54, 1.807) is 11.3 Å². The van der Waals surface area contributed by atoms with Crippen molar-refractivity contribution >= 4 is 11.3 Å². The molecular formula is C20H26N4OS. The summed E-state index contributed by atoms with van der Waals surface area (Å²) in [5, 5.41) is 2.15. The van der Waals surface area contributed by atoms with E-state index in [4.69, 9.17) is 0 Å².